The third-order valence-corrected chi connectivity index (χ3v) is 2.01. The van der Waals surface area contributed by atoms with Gasteiger partial charge in [0.05, 0.1) is 7.11 Å². The smallest absolute Gasteiger partial charge is 0.465 e. The van der Waals surface area contributed by atoms with E-state index in [-0.39, 0.29) is 0 Å². The van der Waals surface area contributed by atoms with Gasteiger partial charge in [-0.15, -0.1) is 0 Å². The van der Waals surface area contributed by atoms with Crippen molar-refractivity contribution in [3.8, 4) is 0 Å². The summed E-state index contributed by atoms with van der Waals surface area (Å²) in [5, 5.41) is 0. The monoisotopic (exact) mass is 332 g/mol. The molecule has 0 saturated carbocycles. The number of esters is 1. The molecule has 0 spiro atoms. The number of hydrogen-bond acceptors (Lipinski definition) is 6. The fourth-order valence-corrected chi connectivity index (χ4v) is 1.10. The molecule has 0 unspecified atom stereocenters. The summed E-state index contributed by atoms with van der Waals surface area (Å²) in [5.74, 6) is -4.86. The molecule has 122 valence electrons. The van der Waals surface area contributed by atoms with Gasteiger partial charge in [0, 0.05) is 6.20 Å². The number of anilines is 1. The van der Waals surface area contributed by atoms with Crippen LogP contribution in [0.25, 0.3) is 0 Å². The number of methoxy groups -OCH3 is 1. The molecule has 13 heteroatoms. The van der Waals surface area contributed by atoms with E-state index in [1.165, 1.54) is 5.43 Å². The van der Waals surface area contributed by atoms with Crippen LogP contribution in [-0.4, -0.2) is 35.1 Å². The Hall–Kier alpha value is -2.60. The number of hydrogen-bond donors (Lipinski definition) is 2. The van der Waals surface area contributed by atoms with E-state index < -0.39 is 41.4 Å². The van der Waals surface area contributed by atoms with Gasteiger partial charge < -0.3 is 4.74 Å². The normalized spacial score (nSPS) is 11.8. The van der Waals surface area contributed by atoms with E-state index in [9.17, 15) is 35.9 Å². The van der Waals surface area contributed by atoms with Crippen LogP contribution in [0.1, 0.15) is 16.1 Å². The molecule has 0 saturated heterocycles. The first-order valence-electron chi connectivity index (χ1n) is 5.12. The van der Waals surface area contributed by atoms with Crippen molar-refractivity contribution in [3.63, 3.8) is 0 Å². The van der Waals surface area contributed by atoms with Crippen LogP contribution in [0.15, 0.2) is 6.20 Å². The predicted molar refractivity (Wildman–Crippen MR) is 56.2 cm³/mol. The van der Waals surface area contributed by atoms with Crippen molar-refractivity contribution in [1.29, 1.82) is 0 Å². The Morgan fingerprint density at radius 3 is 2.23 bits per heavy atom. The van der Waals surface area contributed by atoms with Crippen LogP contribution in [0.3, 0.4) is 0 Å². The van der Waals surface area contributed by atoms with Crippen LogP contribution in [-0.2, 0) is 15.7 Å². The van der Waals surface area contributed by atoms with Crippen molar-refractivity contribution in [2.45, 2.75) is 12.4 Å². The lowest BCUT2D eigenvalue weighted by Crippen LogP contribution is -2.40. The third kappa shape index (κ3) is 4.20. The second kappa shape index (κ2) is 6.03. The summed E-state index contributed by atoms with van der Waals surface area (Å²) in [7, 11) is 0.818. The minimum Gasteiger partial charge on any atom is -0.465 e. The van der Waals surface area contributed by atoms with Crippen LogP contribution in [0.4, 0.5) is 32.3 Å². The molecule has 22 heavy (non-hydrogen) atoms. The summed E-state index contributed by atoms with van der Waals surface area (Å²) < 4.78 is 78.0. The molecule has 7 nitrogen and oxygen atoms in total. The summed E-state index contributed by atoms with van der Waals surface area (Å²) in [5.41, 5.74) is -0.266. The highest BCUT2D eigenvalue weighted by Crippen LogP contribution is 2.31. The number of ether oxygens (including phenoxy) is 1. The summed E-state index contributed by atoms with van der Waals surface area (Å²) in [6.45, 7) is 0. The Balaban J connectivity index is 3.05. The summed E-state index contributed by atoms with van der Waals surface area (Å²) in [6.07, 6.45) is -9.97. The number of carbonyl (C=O) groups excluding carboxylic acids is 2. The minimum atomic E-state index is -5.26. The van der Waals surface area contributed by atoms with E-state index >= 15 is 0 Å². The minimum absolute atomic E-state index is 0.393. The van der Waals surface area contributed by atoms with Crippen LogP contribution < -0.4 is 10.9 Å². The maximum atomic E-state index is 12.7. The molecule has 1 rings (SSSR count). The maximum Gasteiger partial charge on any atom is 0.472 e. The molecule has 0 aliphatic carbocycles. The molecular weight excluding hydrogens is 326 g/mol. The molecule has 1 aromatic rings. The number of nitrogens with one attached hydrogen (secondary N) is 2. The molecule has 0 aliphatic heterocycles. The fourth-order valence-electron chi connectivity index (χ4n) is 1.10. The van der Waals surface area contributed by atoms with Crippen molar-refractivity contribution >= 4 is 17.8 Å². The van der Waals surface area contributed by atoms with Gasteiger partial charge in [-0.3, -0.25) is 15.6 Å². The lowest BCUT2D eigenvalue weighted by Gasteiger charge is -2.13. The lowest BCUT2D eigenvalue weighted by atomic mass is 10.2. The van der Waals surface area contributed by atoms with Gasteiger partial charge in [-0.05, 0) is 0 Å². The summed E-state index contributed by atoms with van der Waals surface area (Å²) in [6, 6.07) is 0. The van der Waals surface area contributed by atoms with Gasteiger partial charge in [0.15, 0.2) is 5.69 Å². The Morgan fingerprint density at radius 2 is 1.77 bits per heavy atom. The number of nitrogens with zero attached hydrogens (tertiary/aromatic N) is 2. The number of aromatic nitrogens is 2. The Morgan fingerprint density at radius 1 is 1.18 bits per heavy atom. The average Bonchev–Trinajstić information content (AvgIpc) is 2.41. The predicted octanol–water partition coefficient (Wildman–Crippen LogP) is 1.29. The Labute approximate surface area is 117 Å². The van der Waals surface area contributed by atoms with Crippen LogP contribution >= 0.6 is 0 Å². The average molecular weight is 332 g/mol. The highest BCUT2D eigenvalue weighted by Gasteiger charge is 2.40. The largest absolute Gasteiger partial charge is 0.472 e. The molecule has 2 N–H and O–H groups in total. The number of rotatable bonds is 3. The van der Waals surface area contributed by atoms with E-state index in [0.29, 0.717) is 6.20 Å². The van der Waals surface area contributed by atoms with E-state index in [2.05, 4.69) is 14.7 Å². The van der Waals surface area contributed by atoms with Gasteiger partial charge in [0.2, 0.25) is 5.95 Å². The molecule has 0 bridgehead atoms. The van der Waals surface area contributed by atoms with Crippen molar-refractivity contribution in [3.05, 3.63) is 17.5 Å². The number of amides is 1. The van der Waals surface area contributed by atoms with E-state index in [1.54, 1.807) is 0 Å². The standard InChI is InChI=1S/C9H6F6N4O3/c1-22-5(20)3-2-16-7(17-4(3)8(10,11)12)19-18-6(21)9(13,14)15/h2H,1H3,(H,18,21)(H,16,17,19). The molecular formula is C9H6F6N4O3. The highest BCUT2D eigenvalue weighted by molar-refractivity contribution is 5.90. The van der Waals surface area contributed by atoms with Crippen molar-refractivity contribution in [1.82, 2.24) is 15.4 Å². The number of halogens is 6. The Kier molecular flexibility index (Phi) is 4.78. The topological polar surface area (TPSA) is 93.2 Å². The van der Waals surface area contributed by atoms with Gasteiger partial charge in [0.1, 0.15) is 5.56 Å². The van der Waals surface area contributed by atoms with Gasteiger partial charge in [0.25, 0.3) is 0 Å². The molecule has 0 aliphatic rings. The second-order valence-electron chi connectivity index (χ2n) is 3.52. The van der Waals surface area contributed by atoms with Crippen LogP contribution in [0.2, 0.25) is 0 Å². The van der Waals surface area contributed by atoms with Crippen LogP contribution in [0, 0.1) is 0 Å². The molecule has 1 amide bonds. The Bertz CT molecular complexity index is 586. The first-order valence-corrected chi connectivity index (χ1v) is 5.12. The van der Waals surface area contributed by atoms with E-state index in [0.717, 1.165) is 12.5 Å². The number of hydrazine groups is 1. The molecule has 1 heterocycles. The SMILES string of the molecule is COC(=O)c1cnc(NNC(=O)C(F)(F)F)nc1C(F)(F)F. The first-order chi connectivity index (χ1) is 9.96. The second-order valence-corrected chi connectivity index (χ2v) is 3.52. The zero-order valence-corrected chi connectivity index (χ0v) is 10.5. The van der Waals surface area contributed by atoms with Gasteiger partial charge in [-0.1, -0.05) is 0 Å². The molecule has 1 aromatic heterocycles. The fraction of sp³-hybridized carbons (Fsp3) is 0.333. The summed E-state index contributed by atoms with van der Waals surface area (Å²) >= 11 is 0. The zero-order chi connectivity index (χ0) is 17.1. The van der Waals surface area contributed by atoms with Gasteiger partial charge in [-0.2, -0.15) is 26.3 Å². The molecule has 0 atom stereocenters. The van der Waals surface area contributed by atoms with E-state index in [4.69, 9.17) is 0 Å². The first kappa shape index (κ1) is 17.5. The van der Waals surface area contributed by atoms with Crippen molar-refractivity contribution in [2.75, 3.05) is 12.5 Å². The van der Waals surface area contributed by atoms with E-state index in [1.807, 2.05) is 0 Å². The summed E-state index contributed by atoms with van der Waals surface area (Å²) in [4.78, 5) is 27.6. The quantitative estimate of drug-likeness (QED) is 0.492. The maximum absolute atomic E-state index is 12.7. The highest BCUT2D eigenvalue weighted by atomic mass is 19.4. The van der Waals surface area contributed by atoms with Gasteiger partial charge >= 0.3 is 24.2 Å². The van der Waals surface area contributed by atoms with Crippen molar-refractivity contribution in [2.24, 2.45) is 0 Å². The van der Waals surface area contributed by atoms with Crippen LogP contribution in [0.5, 0.6) is 0 Å². The molecule has 0 fully saturated rings. The molecule has 0 aromatic carbocycles. The lowest BCUT2D eigenvalue weighted by molar-refractivity contribution is -0.173. The third-order valence-electron chi connectivity index (χ3n) is 2.01. The molecule has 0 radical (unpaired) electrons. The zero-order valence-electron chi connectivity index (χ0n) is 10.5. The number of alkyl halides is 6. The van der Waals surface area contributed by atoms with Crippen molar-refractivity contribution < 1.29 is 40.7 Å². The van der Waals surface area contributed by atoms with Gasteiger partial charge in [-0.25, -0.2) is 14.8 Å². The number of carbonyl (C=O) groups is 2.